The highest BCUT2D eigenvalue weighted by atomic mass is 32.2. The van der Waals surface area contributed by atoms with Crippen molar-refractivity contribution in [2.45, 2.75) is 4.90 Å². The molecule has 7 nitrogen and oxygen atoms in total. The molecule has 0 aliphatic carbocycles. The summed E-state index contributed by atoms with van der Waals surface area (Å²) in [5, 5.41) is 9.01. The summed E-state index contributed by atoms with van der Waals surface area (Å²) >= 11 is 0. The maximum absolute atomic E-state index is 12.6. The summed E-state index contributed by atoms with van der Waals surface area (Å²) < 4.78 is 38.2. The van der Waals surface area contributed by atoms with E-state index in [4.69, 9.17) is 14.3 Å². The van der Waals surface area contributed by atoms with Crippen molar-refractivity contribution in [3.05, 3.63) is 66.4 Å². The van der Waals surface area contributed by atoms with Crippen molar-refractivity contribution in [1.82, 2.24) is 0 Å². The summed E-state index contributed by atoms with van der Waals surface area (Å²) in [6.07, 6.45) is 0. The van der Waals surface area contributed by atoms with Crippen LogP contribution in [0.15, 0.2) is 70.0 Å². The maximum atomic E-state index is 12.6. The number of aromatic carboxylic acids is 1. The number of anilines is 1. The Kier molecular flexibility index (Phi) is 4.68. The molecule has 26 heavy (non-hydrogen) atoms. The first-order valence-corrected chi connectivity index (χ1v) is 8.98. The average Bonchev–Trinajstić information content (AvgIpc) is 3.12. The van der Waals surface area contributed by atoms with Gasteiger partial charge in [0.15, 0.2) is 0 Å². The summed E-state index contributed by atoms with van der Waals surface area (Å²) in [6.45, 7) is 0. The van der Waals surface area contributed by atoms with Gasteiger partial charge in [-0.15, -0.1) is 0 Å². The second-order valence-corrected chi connectivity index (χ2v) is 6.98. The molecule has 2 aromatic carbocycles. The fourth-order valence-corrected chi connectivity index (χ4v) is 3.44. The molecule has 0 unspecified atom stereocenters. The van der Waals surface area contributed by atoms with Crippen LogP contribution < -0.4 is 9.46 Å². The van der Waals surface area contributed by atoms with Crippen molar-refractivity contribution in [1.29, 1.82) is 0 Å². The first kappa shape index (κ1) is 17.6. The predicted octanol–water partition coefficient (Wildman–Crippen LogP) is 3.45. The Labute approximate surface area is 149 Å². The Morgan fingerprint density at radius 3 is 2.42 bits per heavy atom. The Morgan fingerprint density at radius 1 is 1.08 bits per heavy atom. The van der Waals surface area contributed by atoms with Gasteiger partial charge in [0.25, 0.3) is 10.0 Å². The van der Waals surface area contributed by atoms with E-state index in [-0.39, 0.29) is 22.1 Å². The molecule has 3 rings (SSSR count). The number of sulfonamides is 1. The first-order valence-electron chi connectivity index (χ1n) is 7.50. The van der Waals surface area contributed by atoms with E-state index in [9.17, 15) is 13.2 Å². The SMILES string of the molecule is COc1ccc(-c2ccc(C(=O)O)o2)c(NS(=O)(=O)c2ccccc2)c1. The number of carbonyl (C=O) groups is 1. The number of carboxylic acid groups (broad SMARTS) is 1. The molecule has 0 spiro atoms. The third kappa shape index (κ3) is 3.55. The third-order valence-corrected chi connectivity index (χ3v) is 4.99. The van der Waals surface area contributed by atoms with Crippen LogP contribution in [0.25, 0.3) is 11.3 Å². The summed E-state index contributed by atoms with van der Waals surface area (Å²) in [4.78, 5) is 11.1. The standard InChI is InChI=1S/C18H15NO6S/c1-24-12-7-8-14(16-9-10-17(25-16)18(20)21)15(11-12)19-26(22,23)13-5-3-2-4-6-13/h2-11,19H,1H3,(H,20,21). The molecule has 2 N–H and O–H groups in total. The highest BCUT2D eigenvalue weighted by Gasteiger charge is 2.19. The molecule has 0 fully saturated rings. The van der Waals surface area contributed by atoms with Crippen LogP contribution in [0.2, 0.25) is 0 Å². The van der Waals surface area contributed by atoms with E-state index in [1.165, 1.54) is 37.4 Å². The molecule has 0 atom stereocenters. The monoisotopic (exact) mass is 373 g/mol. The van der Waals surface area contributed by atoms with Crippen LogP contribution in [-0.2, 0) is 10.0 Å². The predicted molar refractivity (Wildman–Crippen MR) is 94.9 cm³/mol. The number of hydrogen-bond acceptors (Lipinski definition) is 5. The van der Waals surface area contributed by atoms with Crippen molar-refractivity contribution in [2.75, 3.05) is 11.8 Å². The van der Waals surface area contributed by atoms with Crippen LogP contribution in [0.1, 0.15) is 10.6 Å². The second kappa shape index (κ2) is 6.93. The molecule has 1 heterocycles. The Morgan fingerprint density at radius 2 is 1.81 bits per heavy atom. The van der Waals surface area contributed by atoms with Gasteiger partial charge in [-0.05, 0) is 36.4 Å². The van der Waals surface area contributed by atoms with E-state index >= 15 is 0 Å². The second-order valence-electron chi connectivity index (χ2n) is 5.30. The zero-order valence-corrected chi connectivity index (χ0v) is 14.5. The molecule has 1 aromatic heterocycles. The van der Waals surface area contributed by atoms with Crippen molar-refractivity contribution < 1.29 is 27.5 Å². The Bertz CT molecular complexity index is 1040. The highest BCUT2D eigenvalue weighted by molar-refractivity contribution is 7.92. The summed E-state index contributed by atoms with van der Waals surface area (Å²) in [7, 11) is -2.38. The molecule has 0 amide bonds. The molecule has 0 aliphatic heterocycles. The molecule has 0 radical (unpaired) electrons. The van der Waals surface area contributed by atoms with E-state index in [0.29, 0.717) is 11.3 Å². The van der Waals surface area contributed by atoms with E-state index in [2.05, 4.69) is 4.72 Å². The smallest absolute Gasteiger partial charge is 0.371 e. The molecule has 0 saturated heterocycles. The van der Waals surface area contributed by atoms with Crippen molar-refractivity contribution in [3.8, 4) is 17.1 Å². The maximum Gasteiger partial charge on any atom is 0.371 e. The minimum atomic E-state index is -3.84. The number of nitrogens with one attached hydrogen (secondary N) is 1. The number of carboxylic acids is 1. The number of rotatable bonds is 6. The van der Waals surface area contributed by atoms with Gasteiger partial charge in [0.1, 0.15) is 11.5 Å². The fraction of sp³-hybridized carbons (Fsp3) is 0.0556. The number of methoxy groups -OCH3 is 1. The lowest BCUT2D eigenvalue weighted by Crippen LogP contribution is -2.13. The number of hydrogen-bond donors (Lipinski definition) is 2. The van der Waals surface area contributed by atoms with Gasteiger partial charge in [0.2, 0.25) is 5.76 Å². The zero-order valence-electron chi connectivity index (χ0n) is 13.7. The van der Waals surface area contributed by atoms with Gasteiger partial charge in [0, 0.05) is 11.6 Å². The van der Waals surface area contributed by atoms with E-state index in [0.717, 1.165) is 0 Å². The van der Waals surface area contributed by atoms with Crippen molar-refractivity contribution >= 4 is 21.7 Å². The van der Waals surface area contributed by atoms with Crippen LogP contribution >= 0.6 is 0 Å². The van der Waals surface area contributed by atoms with Crippen LogP contribution in [0.3, 0.4) is 0 Å². The van der Waals surface area contributed by atoms with Gasteiger partial charge in [-0.3, -0.25) is 4.72 Å². The lowest BCUT2D eigenvalue weighted by atomic mass is 10.1. The number of furan rings is 1. The van der Waals surface area contributed by atoms with Crippen LogP contribution in [0.4, 0.5) is 5.69 Å². The fourth-order valence-electron chi connectivity index (χ4n) is 2.35. The van der Waals surface area contributed by atoms with Gasteiger partial charge >= 0.3 is 5.97 Å². The van der Waals surface area contributed by atoms with E-state index in [1.54, 1.807) is 30.3 Å². The number of ether oxygens (including phenoxy) is 1. The molecule has 3 aromatic rings. The molecule has 8 heteroatoms. The topological polar surface area (TPSA) is 106 Å². The molecule has 0 bridgehead atoms. The minimum Gasteiger partial charge on any atom is -0.497 e. The van der Waals surface area contributed by atoms with E-state index < -0.39 is 16.0 Å². The first-order chi connectivity index (χ1) is 12.4. The molecule has 134 valence electrons. The third-order valence-electron chi connectivity index (χ3n) is 3.61. The highest BCUT2D eigenvalue weighted by Crippen LogP contribution is 2.34. The molecule has 0 saturated carbocycles. The Balaban J connectivity index is 2.06. The quantitative estimate of drug-likeness (QED) is 0.685. The van der Waals surface area contributed by atoms with Crippen molar-refractivity contribution in [3.63, 3.8) is 0 Å². The minimum absolute atomic E-state index is 0.0967. The zero-order chi connectivity index (χ0) is 18.7. The van der Waals surface area contributed by atoms with Gasteiger partial charge in [0.05, 0.1) is 17.7 Å². The lowest BCUT2D eigenvalue weighted by molar-refractivity contribution is 0.0663. The lowest BCUT2D eigenvalue weighted by Gasteiger charge is -2.13. The van der Waals surface area contributed by atoms with Crippen molar-refractivity contribution in [2.24, 2.45) is 0 Å². The largest absolute Gasteiger partial charge is 0.497 e. The molecule has 0 aliphatic rings. The Hall–Kier alpha value is -3.26. The van der Waals surface area contributed by atoms with Gasteiger partial charge in [-0.25, -0.2) is 13.2 Å². The summed E-state index contributed by atoms with van der Waals surface area (Å²) in [5.74, 6) is -0.802. The average molecular weight is 373 g/mol. The van der Waals surface area contributed by atoms with Gasteiger partial charge in [-0.2, -0.15) is 0 Å². The van der Waals surface area contributed by atoms with E-state index in [1.807, 2.05) is 0 Å². The van der Waals surface area contributed by atoms with Crippen LogP contribution in [0, 0.1) is 0 Å². The van der Waals surface area contributed by atoms with Crippen LogP contribution in [-0.4, -0.2) is 26.6 Å². The molecular formula is C18H15NO6S. The normalized spacial score (nSPS) is 11.1. The summed E-state index contributed by atoms with van der Waals surface area (Å²) in [5.41, 5.74) is 0.595. The van der Waals surface area contributed by atoms with Gasteiger partial charge < -0.3 is 14.3 Å². The van der Waals surface area contributed by atoms with Crippen LogP contribution in [0.5, 0.6) is 5.75 Å². The molecular weight excluding hydrogens is 358 g/mol. The van der Waals surface area contributed by atoms with Gasteiger partial charge in [-0.1, -0.05) is 18.2 Å². The number of benzene rings is 2. The summed E-state index contributed by atoms with van der Waals surface area (Å²) in [6, 6.07) is 15.4.